The van der Waals surface area contributed by atoms with E-state index in [-0.39, 0.29) is 18.6 Å². The highest BCUT2D eigenvalue weighted by Gasteiger charge is 2.19. The van der Waals surface area contributed by atoms with Crippen LogP contribution in [0.3, 0.4) is 0 Å². The fraction of sp³-hybridized carbons (Fsp3) is 0.833. The SMILES string of the molecule is CCCC(COC(C)=O)NC(=O)OC(C)(C)C. The predicted octanol–water partition coefficient (Wildman–Crippen LogP) is 2.24. The minimum Gasteiger partial charge on any atom is -0.464 e. The molecule has 1 N–H and O–H groups in total. The number of alkyl carbamates (subject to hydrolysis) is 1. The van der Waals surface area contributed by atoms with Gasteiger partial charge < -0.3 is 14.8 Å². The van der Waals surface area contributed by atoms with Crippen LogP contribution in [0.5, 0.6) is 0 Å². The van der Waals surface area contributed by atoms with Gasteiger partial charge in [0.1, 0.15) is 12.2 Å². The molecule has 1 atom stereocenters. The summed E-state index contributed by atoms with van der Waals surface area (Å²) in [5.74, 6) is -0.350. The van der Waals surface area contributed by atoms with Crippen LogP contribution in [0.2, 0.25) is 0 Å². The van der Waals surface area contributed by atoms with Gasteiger partial charge in [0.25, 0.3) is 0 Å². The largest absolute Gasteiger partial charge is 0.464 e. The lowest BCUT2D eigenvalue weighted by molar-refractivity contribution is -0.141. The van der Waals surface area contributed by atoms with Crippen molar-refractivity contribution in [3.05, 3.63) is 0 Å². The Bertz CT molecular complexity index is 258. The standard InChI is InChI=1S/C12H23NO4/c1-6-7-10(8-16-9(2)14)13-11(15)17-12(3,4)5/h10H,6-8H2,1-5H3,(H,13,15). The van der Waals surface area contributed by atoms with Gasteiger partial charge in [0.05, 0.1) is 6.04 Å². The van der Waals surface area contributed by atoms with Crippen LogP contribution in [0.1, 0.15) is 47.5 Å². The second-order valence-electron chi connectivity index (χ2n) is 4.93. The van der Waals surface area contributed by atoms with E-state index in [1.54, 1.807) is 20.8 Å². The summed E-state index contributed by atoms with van der Waals surface area (Å²) in [7, 11) is 0. The minimum absolute atomic E-state index is 0.183. The van der Waals surface area contributed by atoms with Gasteiger partial charge in [-0.3, -0.25) is 4.79 Å². The van der Waals surface area contributed by atoms with Gasteiger partial charge in [0.15, 0.2) is 0 Å². The van der Waals surface area contributed by atoms with Crippen LogP contribution in [-0.4, -0.2) is 30.3 Å². The lowest BCUT2D eigenvalue weighted by Gasteiger charge is -2.23. The average Bonchev–Trinajstić information content (AvgIpc) is 2.11. The second-order valence-corrected chi connectivity index (χ2v) is 4.93. The molecule has 0 heterocycles. The smallest absolute Gasteiger partial charge is 0.407 e. The fourth-order valence-electron chi connectivity index (χ4n) is 1.24. The molecule has 0 rings (SSSR count). The Hall–Kier alpha value is -1.26. The fourth-order valence-corrected chi connectivity index (χ4v) is 1.24. The second kappa shape index (κ2) is 7.14. The van der Waals surface area contributed by atoms with Gasteiger partial charge in [-0.15, -0.1) is 0 Å². The molecule has 100 valence electrons. The van der Waals surface area contributed by atoms with E-state index in [4.69, 9.17) is 9.47 Å². The van der Waals surface area contributed by atoms with E-state index < -0.39 is 11.7 Å². The molecule has 1 unspecified atom stereocenters. The first-order valence-electron chi connectivity index (χ1n) is 5.87. The molecule has 0 spiro atoms. The number of esters is 1. The maximum atomic E-state index is 11.5. The highest BCUT2D eigenvalue weighted by atomic mass is 16.6. The zero-order valence-corrected chi connectivity index (χ0v) is 11.3. The summed E-state index contributed by atoms with van der Waals surface area (Å²) in [4.78, 5) is 22.2. The molecule has 5 heteroatoms. The van der Waals surface area contributed by atoms with Crippen LogP contribution in [0.25, 0.3) is 0 Å². The molecule has 0 saturated heterocycles. The number of nitrogens with one attached hydrogen (secondary N) is 1. The highest BCUT2D eigenvalue weighted by Crippen LogP contribution is 2.07. The first kappa shape index (κ1) is 15.7. The van der Waals surface area contributed by atoms with Gasteiger partial charge in [-0.1, -0.05) is 13.3 Å². The number of amides is 1. The molecule has 0 aromatic carbocycles. The third-order valence-electron chi connectivity index (χ3n) is 1.85. The van der Waals surface area contributed by atoms with Crippen molar-refractivity contribution in [2.75, 3.05) is 6.61 Å². The van der Waals surface area contributed by atoms with E-state index in [9.17, 15) is 9.59 Å². The molecular formula is C12H23NO4. The van der Waals surface area contributed by atoms with Crippen molar-refractivity contribution in [3.8, 4) is 0 Å². The van der Waals surface area contributed by atoms with Crippen LogP contribution in [0.4, 0.5) is 4.79 Å². The number of hydrogen-bond acceptors (Lipinski definition) is 4. The molecule has 0 aromatic rings. The van der Waals surface area contributed by atoms with Gasteiger partial charge in [0.2, 0.25) is 0 Å². The van der Waals surface area contributed by atoms with Gasteiger partial charge in [-0.25, -0.2) is 4.79 Å². The Labute approximate surface area is 103 Å². The average molecular weight is 245 g/mol. The molecule has 0 radical (unpaired) electrons. The Kier molecular flexibility index (Phi) is 6.61. The molecule has 5 nitrogen and oxygen atoms in total. The van der Waals surface area contributed by atoms with Crippen molar-refractivity contribution in [2.24, 2.45) is 0 Å². The van der Waals surface area contributed by atoms with Crippen LogP contribution < -0.4 is 5.32 Å². The highest BCUT2D eigenvalue weighted by molar-refractivity contribution is 5.68. The molecule has 17 heavy (non-hydrogen) atoms. The van der Waals surface area contributed by atoms with Gasteiger partial charge in [-0.05, 0) is 27.2 Å². The molecule has 0 fully saturated rings. The van der Waals surface area contributed by atoms with Crippen LogP contribution in [0, 0.1) is 0 Å². The third-order valence-corrected chi connectivity index (χ3v) is 1.85. The van der Waals surface area contributed by atoms with Crippen molar-refractivity contribution in [2.45, 2.75) is 59.1 Å². The lowest BCUT2D eigenvalue weighted by Crippen LogP contribution is -2.41. The van der Waals surface area contributed by atoms with Crippen molar-refractivity contribution >= 4 is 12.1 Å². The predicted molar refractivity (Wildman–Crippen MR) is 64.7 cm³/mol. The Morgan fingerprint density at radius 3 is 2.29 bits per heavy atom. The summed E-state index contributed by atoms with van der Waals surface area (Å²) < 4.78 is 10.0. The molecule has 1 amide bonds. The topological polar surface area (TPSA) is 64.6 Å². The van der Waals surface area contributed by atoms with E-state index in [2.05, 4.69) is 5.32 Å². The maximum Gasteiger partial charge on any atom is 0.407 e. The number of ether oxygens (including phenoxy) is 2. The maximum absolute atomic E-state index is 11.5. The quantitative estimate of drug-likeness (QED) is 0.754. The zero-order chi connectivity index (χ0) is 13.5. The van der Waals surface area contributed by atoms with Crippen molar-refractivity contribution in [1.29, 1.82) is 0 Å². The molecular weight excluding hydrogens is 222 g/mol. The summed E-state index contributed by atoms with van der Waals surface area (Å²) in [6, 6.07) is -0.196. The number of carbonyl (C=O) groups is 2. The number of rotatable bonds is 5. The Morgan fingerprint density at radius 1 is 1.29 bits per heavy atom. The van der Waals surface area contributed by atoms with Crippen LogP contribution >= 0.6 is 0 Å². The zero-order valence-electron chi connectivity index (χ0n) is 11.3. The molecule has 0 bridgehead atoms. The van der Waals surface area contributed by atoms with Gasteiger partial charge >= 0.3 is 12.1 Å². The number of hydrogen-bond donors (Lipinski definition) is 1. The molecule has 0 aliphatic heterocycles. The summed E-state index contributed by atoms with van der Waals surface area (Å²) >= 11 is 0. The minimum atomic E-state index is -0.526. The first-order chi connectivity index (χ1) is 7.74. The summed E-state index contributed by atoms with van der Waals surface area (Å²) in [5.41, 5.74) is -0.526. The molecule has 0 aromatic heterocycles. The van der Waals surface area contributed by atoms with Gasteiger partial charge in [-0.2, -0.15) is 0 Å². The molecule has 0 saturated carbocycles. The number of carbonyl (C=O) groups excluding carboxylic acids is 2. The summed E-state index contributed by atoms with van der Waals surface area (Å²) in [6.07, 6.45) is 1.15. The van der Waals surface area contributed by atoms with E-state index >= 15 is 0 Å². The van der Waals surface area contributed by atoms with Crippen molar-refractivity contribution < 1.29 is 19.1 Å². The monoisotopic (exact) mass is 245 g/mol. The molecule has 0 aliphatic rings. The van der Waals surface area contributed by atoms with E-state index in [0.717, 1.165) is 12.8 Å². The normalized spacial score (nSPS) is 12.8. The van der Waals surface area contributed by atoms with Crippen LogP contribution in [0.15, 0.2) is 0 Å². The summed E-state index contributed by atoms with van der Waals surface area (Å²) in [5, 5.41) is 2.69. The van der Waals surface area contributed by atoms with Gasteiger partial charge in [0, 0.05) is 6.92 Å². The van der Waals surface area contributed by atoms with Crippen molar-refractivity contribution in [3.63, 3.8) is 0 Å². The first-order valence-corrected chi connectivity index (χ1v) is 5.87. The Balaban J connectivity index is 4.14. The van der Waals surface area contributed by atoms with Crippen molar-refractivity contribution in [1.82, 2.24) is 5.32 Å². The van der Waals surface area contributed by atoms with Crippen LogP contribution in [-0.2, 0) is 14.3 Å². The van der Waals surface area contributed by atoms with E-state index in [1.165, 1.54) is 6.92 Å². The van der Waals surface area contributed by atoms with E-state index in [0.29, 0.717) is 0 Å². The van der Waals surface area contributed by atoms with E-state index in [1.807, 2.05) is 6.92 Å². The lowest BCUT2D eigenvalue weighted by atomic mass is 10.2. The molecule has 0 aliphatic carbocycles. The third kappa shape index (κ3) is 9.66. The Morgan fingerprint density at radius 2 is 1.88 bits per heavy atom. The summed E-state index contributed by atoms with van der Waals surface area (Å²) in [6.45, 7) is 8.92.